The zero-order chi connectivity index (χ0) is 19.4. The quantitative estimate of drug-likeness (QED) is 0.361. The summed E-state index contributed by atoms with van der Waals surface area (Å²) in [6.07, 6.45) is 0.425. The number of nitro groups is 1. The molecule has 1 aliphatic heterocycles. The number of dihydropyridines is 1. The van der Waals surface area contributed by atoms with Gasteiger partial charge in [-0.2, -0.15) is 0 Å². The Hall–Kier alpha value is -3.49. The van der Waals surface area contributed by atoms with E-state index in [9.17, 15) is 24.5 Å². The van der Waals surface area contributed by atoms with Crippen molar-refractivity contribution in [1.29, 1.82) is 0 Å². The zero-order valence-electron chi connectivity index (χ0n) is 14.3. The van der Waals surface area contributed by atoms with Crippen LogP contribution in [0.3, 0.4) is 0 Å². The molecule has 1 aliphatic rings. The second-order valence-electron chi connectivity index (χ2n) is 5.38. The van der Waals surface area contributed by atoms with E-state index in [1.54, 1.807) is 0 Å². The van der Waals surface area contributed by atoms with Crippen LogP contribution in [0.2, 0.25) is 0 Å². The van der Waals surface area contributed by atoms with E-state index < -0.39 is 22.8 Å². The minimum atomic E-state index is -1.06. The molecule has 0 saturated carbocycles. The Bertz CT molecular complexity index is 854. The summed E-state index contributed by atoms with van der Waals surface area (Å²) in [5.74, 6) is -2.64. The van der Waals surface area contributed by atoms with Gasteiger partial charge in [0.2, 0.25) is 0 Å². The number of nitrogens with zero attached hydrogens (tertiary/aromatic N) is 1. The lowest BCUT2D eigenvalue weighted by molar-refractivity contribution is -0.384. The van der Waals surface area contributed by atoms with E-state index in [2.05, 4.69) is 5.32 Å². The van der Waals surface area contributed by atoms with E-state index in [1.165, 1.54) is 38.3 Å². The fourth-order valence-corrected chi connectivity index (χ4v) is 2.82. The summed E-state index contributed by atoms with van der Waals surface area (Å²) >= 11 is 0. The first kappa shape index (κ1) is 18.8. The second kappa shape index (κ2) is 7.60. The molecule has 136 valence electrons. The van der Waals surface area contributed by atoms with E-state index in [0.29, 0.717) is 12.0 Å². The number of aldehydes is 1. The fraction of sp³-hybridized carbons (Fsp3) is 0.235. The van der Waals surface area contributed by atoms with E-state index >= 15 is 0 Å². The average Bonchev–Trinajstić information content (AvgIpc) is 2.65. The Kier molecular flexibility index (Phi) is 5.51. The van der Waals surface area contributed by atoms with Crippen LogP contribution in [0.25, 0.3) is 0 Å². The molecule has 1 unspecified atom stereocenters. The van der Waals surface area contributed by atoms with Gasteiger partial charge in [-0.25, -0.2) is 9.59 Å². The smallest absolute Gasteiger partial charge is 0.336 e. The lowest BCUT2D eigenvalue weighted by atomic mass is 9.80. The number of nitrogens with one attached hydrogen (secondary N) is 1. The van der Waals surface area contributed by atoms with Crippen LogP contribution in [0.5, 0.6) is 0 Å². The van der Waals surface area contributed by atoms with Gasteiger partial charge in [0.15, 0.2) is 6.29 Å². The molecule has 0 aliphatic carbocycles. The number of hydrogen-bond acceptors (Lipinski definition) is 8. The molecule has 1 aromatic rings. The maximum Gasteiger partial charge on any atom is 0.336 e. The van der Waals surface area contributed by atoms with Crippen molar-refractivity contribution >= 4 is 23.9 Å². The molecule has 0 fully saturated rings. The third-order valence-electron chi connectivity index (χ3n) is 3.94. The van der Waals surface area contributed by atoms with Crippen LogP contribution < -0.4 is 5.32 Å². The number of carbonyl (C=O) groups is 3. The van der Waals surface area contributed by atoms with Crippen molar-refractivity contribution in [2.75, 3.05) is 14.2 Å². The number of allylic oxidation sites excluding steroid dienone is 2. The van der Waals surface area contributed by atoms with Gasteiger partial charge in [0, 0.05) is 17.8 Å². The highest BCUT2D eigenvalue weighted by atomic mass is 16.6. The molecule has 1 aromatic carbocycles. The van der Waals surface area contributed by atoms with Gasteiger partial charge in [0.25, 0.3) is 5.69 Å². The summed E-state index contributed by atoms with van der Waals surface area (Å²) in [6.45, 7) is 1.54. The summed E-state index contributed by atoms with van der Waals surface area (Å²) in [7, 11) is 2.30. The van der Waals surface area contributed by atoms with Crippen molar-refractivity contribution in [2.24, 2.45) is 0 Å². The molecule has 0 aromatic heterocycles. The van der Waals surface area contributed by atoms with Crippen LogP contribution in [-0.2, 0) is 23.9 Å². The Balaban J connectivity index is 2.78. The third kappa shape index (κ3) is 3.32. The summed E-state index contributed by atoms with van der Waals surface area (Å²) in [6, 6.07) is 5.46. The number of benzene rings is 1. The van der Waals surface area contributed by atoms with Crippen LogP contribution in [0.15, 0.2) is 46.8 Å². The molecule has 1 atom stereocenters. The van der Waals surface area contributed by atoms with Crippen LogP contribution in [0, 0.1) is 10.1 Å². The predicted molar refractivity (Wildman–Crippen MR) is 88.8 cm³/mol. The Morgan fingerprint density at radius 3 is 2.35 bits per heavy atom. The Morgan fingerprint density at radius 2 is 1.81 bits per heavy atom. The average molecular weight is 360 g/mol. The van der Waals surface area contributed by atoms with E-state index in [4.69, 9.17) is 9.47 Å². The van der Waals surface area contributed by atoms with Crippen LogP contribution in [0.1, 0.15) is 18.4 Å². The highest BCUT2D eigenvalue weighted by Crippen LogP contribution is 2.39. The maximum absolute atomic E-state index is 12.3. The Labute approximate surface area is 148 Å². The van der Waals surface area contributed by atoms with Gasteiger partial charge in [-0.3, -0.25) is 14.9 Å². The first-order valence-electron chi connectivity index (χ1n) is 7.43. The van der Waals surface area contributed by atoms with Crippen molar-refractivity contribution in [1.82, 2.24) is 5.32 Å². The molecule has 2 rings (SSSR count). The van der Waals surface area contributed by atoms with E-state index in [-0.39, 0.29) is 28.1 Å². The largest absolute Gasteiger partial charge is 0.466 e. The highest BCUT2D eigenvalue weighted by Gasteiger charge is 2.39. The number of nitro benzene ring substituents is 1. The van der Waals surface area contributed by atoms with E-state index in [1.807, 2.05) is 0 Å². The molecule has 0 radical (unpaired) electrons. The topological polar surface area (TPSA) is 125 Å². The Morgan fingerprint density at radius 1 is 1.19 bits per heavy atom. The fourth-order valence-electron chi connectivity index (χ4n) is 2.82. The molecule has 26 heavy (non-hydrogen) atoms. The lowest BCUT2D eigenvalue weighted by Crippen LogP contribution is -2.33. The standard InChI is InChI=1S/C17H16N2O7/c1-9-13(16(21)25-2)14(10-5-4-6-11(7-10)19(23)24)15(17(22)26-3)12(8-20)18-9/h4-8,14,18H,1-3H3. The molecule has 9 nitrogen and oxygen atoms in total. The number of methoxy groups -OCH3 is 2. The van der Waals surface area contributed by atoms with Gasteiger partial charge in [0.05, 0.1) is 41.9 Å². The molecule has 0 saturated heterocycles. The molecule has 9 heteroatoms. The monoisotopic (exact) mass is 360 g/mol. The van der Waals surface area contributed by atoms with Crippen molar-refractivity contribution in [2.45, 2.75) is 12.8 Å². The number of carbonyl (C=O) groups excluding carboxylic acids is 3. The van der Waals surface area contributed by atoms with Gasteiger partial charge < -0.3 is 14.8 Å². The number of esters is 2. The molecule has 0 amide bonds. The van der Waals surface area contributed by atoms with Gasteiger partial charge >= 0.3 is 11.9 Å². The lowest BCUT2D eigenvalue weighted by Gasteiger charge is -2.29. The molecular formula is C17H16N2O7. The summed E-state index contributed by atoms with van der Waals surface area (Å²) in [5, 5.41) is 13.8. The second-order valence-corrected chi connectivity index (χ2v) is 5.38. The third-order valence-corrected chi connectivity index (χ3v) is 3.94. The number of non-ortho nitro benzene ring substituents is 1. The van der Waals surface area contributed by atoms with E-state index in [0.717, 1.165) is 7.11 Å². The minimum Gasteiger partial charge on any atom is -0.466 e. The normalized spacial score (nSPS) is 16.7. The van der Waals surface area contributed by atoms with Gasteiger partial charge in [-0.05, 0) is 12.5 Å². The van der Waals surface area contributed by atoms with Crippen LogP contribution in [-0.4, -0.2) is 37.4 Å². The summed E-state index contributed by atoms with van der Waals surface area (Å²) in [5.41, 5.74) is 0.189. The molecular weight excluding hydrogens is 344 g/mol. The first-order chi connectivity index (χ1) is 12.3. The van der Waals surface area contributed by atoms with Gasteiger partial charge in [-0.1, -0.05) is 12.1 Å². The molecule has 0 bridgehead atoms. The molecule has 0 spiro atoms. The number of rotatable bonds is 5. The highest BCUT2D eigenvalue weighted by molar-refractivity contribution is 6.03. The number of hydrogen-bond donors (Lipinski definition) is 1. The SMILES string of the molecule is COC(=O)C1=C(C)NC(C=O)=C(C(=O)OC)C1c1cccc([N+](=O)[O-])c1. The maximum atomic E-state index is 12.3. The van der Waals surface area contributed by atoms with Crippen molar-refractivity contribution < 1.29 is 28.8 Å². The van der Waals surface area contributed by atoms with Crippen molar-refractivity contribution in [3.05, 3.63) is 62.5 Å². The first-order valence-corrected chi connectivity index (χ1v) is 7.43. The van der Waals surface area contributed by atoms with Crippen molar-refractivity contribution in [3.63, 3.8) is 0 Å². The number of ether oxygens (including phenoxy) is 2. The summed E-state index contributed by atoms with van der Waals surface area (Å²) in [4.78, 5) is 46.6. The predicted octanol–water partition coefficient (Wildman–Crippen LogP) is 1.35. The van der Waals surface area contributed by atoms with Crippen LogP contribution >= 0.6 is 0 Å². The van der Waals surface area contributed by atoms with Crippen LogP contribution in [0.4, 0.5) is 5.69 Å². The molecule has 1 heterocycles. The molecule has 1 N–H and O–H groups in total. The minimum absolute atomic E-state index is 0.0546. The zero-order valence-corrected chi connectivity index (χ0v) is 14.3. The van der Waals surface area contributed by atoms with Gasteiger partial charge in [0.1, 0.15) is 0 Å². The van der Waals surface area contributed by atoms with Gasteiger partial charge in [-0.15, -0.1) is 0 Å². The summed E-state index contributed by atoms with van der Waals surface area (Å²) < 4.78 is 9.53. The van der Waals surface area contributed by atoms with Crippen molar-refractivity contribution in [3.8, 4) is 0 Å².